The number of nitrogens with one attached hydrogen (secondary N) is 3. The molecule has 1 amide bonds. The topological polar surface area (TPSA) is 68.8 Å². The monoisotopic (exact) mass is 473 g/mol. The van der Waals surface area contributed by atoms with Crippen molar-refractivity contribution in [1.82, 2.24) is 20.9 Å². The summed E-state index contributed by atoms with van der Waals surface area (Å²) in [6.07, 6.45) is 0. The molecule has 0 aliphatic carbocycles. The lowest BCUT2D eigenvalue weighted by Crippen LogP contribution is -2.46. The molecule has 3 N–H and O–H groups in total. The van der Waals surface area contributed by atoms with Crippen LogP contribution in [0.25, 0.3) is 0 Å². The van der Waals surface area contributed by atoms with Crippen molar-refractivity contribution in [3.8, 4) is 0 Å². The smallest absolute Gasteiger partial charge is 0.251 e. The molecule has 0 bridgehead atoms. The minimum atomic E-state index is -0.0677. The van der Waals surface area contributed by atoms with Gasteiger partial charge in [-0.05, 0) is 37.5 Å². The van der Waals surface area contributed by atoms with Gasteiger partial charge >= 0.3 is 0 Å². The highest BCUT2D eigenvalue weighted by molar-refractivity contribution is 14.0. The van der Waals surface area contributed by atoms with Crippen molar-refractivity contribution in [3.05, 3.63) is 35.4 Å². The molecule has 0 radical (unpaired) electrons. The minimum absolute atomic E-state index is 0. The third-order valence-corrected chi connectivity index (χ3v) is 4.82. The van der Waals surface area contributed by atoms with Crippen LogP contribution in [0.1, 0.15) is 36.7 Å². The fourth-order valence-electron chi connectivity index (χ4n) is 3.09. The molecule has 6 nitrogen and oxygen atoms in total. The summed E-state index contributed by atoms with van der Waals surface area (Å²) in [6.45, 7) is 9.59. The minimum Gasteiger partial charge on any atom is -0.355 e. The maximum absolute atomic E-state index is 11.6. The highest BCUT2D eigenvalue weighted by Crippen LogP contribution is 2.18. The molecular weight excluding hydrogens is 441 g/mol. The molecule has 0 aromatic heterocycles. The highest BCUT2D eigenvalue weighted by atomic mass is 127. The molecule has 1 saturated heterocycles. The third kappa shape index (κ3) is 6.12. The Morgan fingerprint density at radius 2 is 1.92 bits per heavy atom. The number of likely N-dealkylation sites (tertiary alicyclic amines) is 1. The number of hydrogen-bond donors (Lipinski definition) is 3. The average molecular weight is 473 g/mol. The van der Waals surface area contributed by atoms with E-state index in [-0.39, 0.29) is 29.9 Å². The van der Waals surface area contributed by atoms with Crippen molar-refractivity contribution >= 4 is 35.8 Å². The van der Waals surface area contributed by atoms with E-state index in [4.69, 9.17) is 0 Å². The quantitative estimate of drug-likeness (QED) is 0.348. The maximum Gasteiger partial charge on any atom is 0.251 e. The summed E-state index contributed by atoms with van der Waals surface area (Å²) in [7, 11) is 3.43. The fraction of sp³-hybridized carbons (Fsp3) is 0.579. The summed E-state index contributed by atoms with van der Waals surface area (Å²) < 4.78 is 0. The standard InChI is InChI=1S/C19H31N5O.HI/c1-13(2)24-11-14(3)17(12-24)23-19(21-5)22-10-15-6-8-16(9-7-15)18(25)20-4;/h6-9,13-14,17H,10-12H2,1-5H3,(H,20,25)(H2,21,22,23);1H. The number of carbonyl (C=O) groups excluding carboxylic acids is 1. The third-order valence-electron chi connectivity index (χ3n) is 4.82. The largest absolute Gasteiger partial charge is 0.355 e. The average Bonchev–Trinajstić information content (AvgIpc) is 2.99. The molecular formula is C19H32IN5O. The molecule has 1 aromatic rings. The molecule has 1 heterocycles. The summed E-state index contributed by atoms with van der Waals surface area (Å²) in [6, 6.07) is 8.58. The second-order valence-electron chi connectivity index (χ2n) is 6.98. The Labute approximate surface area is 174 Å². The molecule has 146 valence electrons. The van der Waals surface area contributed by atoms with Gasteiger partial charge in [-0.25, -0.2) is 0 Å². The number of rotatable bonds is 5. The van der Waals surface area contributed by atoms with E-state index in [9.17, 15) is 4.79 Å². The number of amides is 1. The number of nitrogens with zero attached hydrogens (tertiary/aromatic N) is 2. The Kier molecular flexibility index (Phi) is 9.35. The van der Waals surface area contributed by atoms with Crippen LogP contribution >= 0.6 is 24.0 Å². The number of benzene rings is 1. The van der Waals surface area contributed by atoms with Gasteiger partial charge in [0.25, 0.3) is 5.91 Å². The van der Waals surface area contributed by atoms with E-state index in [0.29, 0.717) is 30.1 Å². The van der Waals surface area contributed by atoms with E-state index in [1.165, 1.54) is 0 Å². The SMILES string of the molecule is CN=C(NCc1ccc(C(=O)NC)cc1)NC1CN(C(C)C)CC1C.I. The van der Waals surface area contributed by atoms with Crippen LogP contribution in [0.15, 0.2) is 29.3 Å². The summed E-state index contributed by atoms with van der Waals surface area (Å²) >= 11 is 0. The number of aliphatic imine (C=N–C) groups is 1. The van der Waals surface area contributed by atoms with Crippen LogP contribution in [0.2, 0.25) is 0 Å². The van der Waals surface area contributed by atoms with Crippen LogP contribution < -0.4 is 16.0 Å². The lowest BCUT2D eigenvalue weighted by atomic mass is 10.1. The predicted molar refractivity (Wildman–Crippen MR) is 118 cm³/mol. The molecule has 0 spiro atoms. The lowest BCUT2D eigenvalue weighted by molar-refractivity contribution is 0.0963. The van der Waals surface area contributed by atoms with E-state index < -0.39 is 0 Å². The van der Waals surface area contributed by atoms with Gasteiger partial charge in [-0.1, -0.05) is 19.1 Å². The van der Waals surface area contributed by atoms with Crippen molar-refractivity contribution < 1.29 is 4.79 Å². The molecule has 2 rings (SSSR count). The van der Waals surface area contributed by atoms with Crippen LogP contribution in [0, 0.1) is 5.92 Å². The fourth-order valence-corrected chi connectivity index (χ4v) is 3.09. The molecule has 2 atom stereocenters. The van der Waals surface area contributed by atoms with Gasteiger partial charge in [0.2, 0.25) is 0 Å². The first-order chi connectivity index (χ1) is 11.9. The zero-order valence-corrected chi connectivity index (χ0v) is 18.7. The van der Waals surface area contributed by atoms with E-state index in [1.807, 2.05) is 24.3 Å². The van der Waals surface area contributed by atoms with Crippen LogP contribution in [-0.2, 0) is 6.54 Å². The summed E-state index contributed by atoms with van der Waals surface area (Å²) in [4.78, 5) is 18.4. The molecule has 7 heteroatoms. The molecule has 2 unspecified atom stereocenters. The first kappa shape index (κ1) is 22.7. The molecule has 1 aromatic carbocycles. The molecule has 26 heavy (non-hydrogen) atoms. The molecule has 1 fully saturated rings. The molecule has 0 saturated carbocycles. The Bertz CT molecular complexity index is 602. The number of hydrogen-bond acceptors (Lipinski definition) is 3. The number of halogens is 1. The van der Waals surface area contributed by atoms with Crippen molar-refractivity contribution in [1.29, 1.82) is 0 Å². The Morgan fingerprint density at radius 1 is 1.27 bits per heavy atom. The number of carbonyl (C=O) groups is 1. The Morgan fingerprint density at radius 3 is 2.42 bits per heavy atom. The summed E-state index contributed by atoms with van der Waals surface area (Å²) in [5.41, 5.74) is 1.78. The van der Waals surface area contributed by atoms with Gasteiger partial charge in [-0.3, -0.25) is 14.7 Å². The van der Waals surface area contributed by atoms with Crippen LogP contribution in [0.4, 0.5) is 0 Å². The highest BCUT2D eigenvalue weighted by Gasteiger charge is 2.31. The van der Waals surface area contributed by atoms with Crippen LogP contribution in [0.3, 0.4) is 0 Å². The van der Waals surface area contributed by atoms with E-state index in [2.05, 4.69) is 46.6 Å². The van der Waals surface area contributed by atoms with Gasteiger partial charge in [0.1, 0.15) is 0 Å². The van der Waals surface area contributed by atoms with Crippen LogP contribution in [-0.4, -0.2) is 56.0 Å². The maximum atomic E-state index is 11.6. The number of guanidine groups is 1. The van der Waals surface area contributed by atoms with Gasteiger partial charge in [0, 0.05) is 51.4 Å². The Balaban J connectivity index is 0.00000338. The van der Waals surface area contributed by atoms with Crippen LogP contribution in [0.5, 0.6) is 0 Å². The van der Waals surface area contributed by atoms with Gasteiger partial charge in [0.05, 0.1) is 0 Å². The van der Waals surface area contributed by atoms with Gasteiger partial charge in [-0.15, -0.1) is 24.0 Å². The lowest BCUT2D eigenvalue weighted by Gasteiger charge is -2.22. The first-order valence-electron chi connectivity index (χ1n) is 8.96. The van der Waals surface area contributed by atoms with Gasteiger partial charge < -0.3 is 16.0 Å². The second kappa shape index (κ2) is 10.7. The van der Waals surface area contributed by atoms with Crippen molar-refractivity contribution in [2.75, 3.05) is 27.2 Å². The second-order valence-corrected chi connectivity index (χ2v) is 6.98. The zero-order valence-electron chi connectivity index (χ0n) is 16.4. The van der Waals surface area contributed by atoms with Crippen molar-refractivity contribution in [3.63, 3.8) is 0 Å². The van der Waals surface area contributed by atoms with Gasteiger partial charge in [0.15, 0.2) is 5.96 Å². The molecule has 1 aliphatic rings. The first-order valence-corrected chi connectivity index (χ1v) is 8.96. The predicted octanol–water partition coefficient (Wildman–Crippen LogP) is 2.06. The van der Waals surface area contributed by atoms with E-state index >= 15 is 0 Å². The molecule has 1 aliphatic heterocycles. The zero-order chi connectivity index (χ0) is 18.4. The summed E-state index contributed by atoms with van der Waals surface area (Å²) in [5, 5.41) is 9.53. The van der Waals surface area contributed by atoms with Crippen molar-refractivity contribution in [2.24, 2.45) is 10.9 Å². The Hall–Kier alpha value is -1.35. The summed E-state index contributed by atoms with van der Waals surface area (Å²) in [5.74, 6) is 1.34. The van der Waals surface area contributed by atoms with Gasteiger partial charge in [-0.2, -0.15) is 0 Å². The van der Waals surface area contributed by atoms with E-state index in [0.717, 1.165) is 24.6 Å². The van der Waals surface area contributed by atoms with Crippen molar-refractivity contribution in [2.45, 2.75) is 39.4 Å². The normalized spacial score (nSPS) is 20.6. The van der Waals surface area contributed by atoms with E-state index in [1.54, 1.807) is 14.1 Å².